The Hall–Kier alpha value is -3.10. The number of aryl methyl sites for hydroxylation is 1. The number of aromatic nitrogens is 2. The Labute approximate surface area is 196 Å². The summed E-state index contributed by atoms with van der Waals surface area (Å²) in [5, 5.41) is 5.80. The van der Waals surface area contributed by atoms with Gasteiger partial charge in [0.15, 0.2) is 11.7 Å². The second-order valence-electron chi connectivity index (χ2n) is 7.45. The second kappa shape index (κ2) is 8.80. The number of rotatable bonds is 5. The summed E-state index contributed by atoms with van der Waals surface area (Å²) in [5.41, 5.74) is 4.91. The Morgan fingerprint density at radius 2 is 1.88 bits per heavy atom. The molecule has 0 atom stereocenters. The largest absolute Gasteiger partial charge is 0.452 e. The van der Waals surface area contributed by atoms with Crippen LogP contribution in [0.5, 0.6) is 0 Å². The van der Waals surface area contributed by atoms with Crippen LogP contribution >= 0.6 is 27.3 Å². The highest BCUT2D eigenvalue weighted by Crippen LogP contribution is 2.30. The molecule has 0 bridgehead atoms. The smallest absolute Gasteiger partial charge is 0.339 e. The molecule has 0 saturated carbocycles. The van der Waals surface area contributed by atoms with Crippen LogP contribution in [0.25, 0.3) is 22.2 Å². The number of hydrogen-bond acceptors (Lipinski definition) is 6. The first-order chi connectivity index (χ1) is 15.6. The summed E-state index contributed by atoms with van der Waals surface area (Å²) in [5.74, 6) is -0.920. The quantitative estimate of drug-likeness (QED) is 0.365. The zero-order valence-electron chi connectivity index (χ0n) is 16.9. The Morgan fingerprint density at radius 1 is 1.06 bits per heavy atom. The number of thiazole rings is 1. The summed E-state index contributed by atoms with van der Waals surface area (Å²) in [4.78, 5) is 34.5. The van der Waals surface area contributed by atoms with Gasteiger partial charge in [0.25, 0.3) is 5.91 Å². The Balaban J connectivity index is 1.27. The fourth-order valence-corrected chi connectivity index (χ4v) is 4.89. The third-order valence-corrected chi connectivity index (χ3v) is 6.63. The summed E-state index contributed by atoms with van der Waals surface area (Å²) in [6, 6.07) is 15.3. The van der Waals surface area contributed by atoms with Crippen molar-refractivity contribution >= 4 is 55.2 Å². The molecule has 0 fully saturated rings. The number of amides is 1. The number of hydrogen-bond donors (Lipinski definition) is 1. The molecule has 2 aromatic carbocycles. The number of nitrogens with zero attached hydrogens (tertiary/aromatic N) is 2. The van der Waals surface area contributed by atoms with Crippen LogP contribution in [0.15, 0.2) is 58.4 Å². The third kappa shape index (κ3) is 4.16. The normalized spacial score (nSPS) is 12.5. The second-order valence-corrected chi connectivity index (χ2v) is 9.23. The summed E-state index contributed by atoms with van der Waals surface area (Å²) in [7, 11) is 0. The van der Waals surface area contributed by atoms with E-state index in [0.717, 1.165) is 57.2 Å². The van der Waals surface area contributed by atoms with E-state index in [1.165, 1.54) is 11.3 Å². The van der Waals surface area contributed by atoms with E-state index in [9.17, 15) is 9.59 Å². The van der Waals surface area contributed by atoms with Crippen LogP contribution in [0.2, 0.25) is 0 Å². The summed E-state index contributed by atoms with van der Waals surface area (Å²) in [6.07, 6.45) is 2.61. The maximum atomic E-state index is 12.9. The van der Waals surface area contributed by atoms with Gasteiger partial charge >= 0.3 is 5.97 Å². The van der Waals surface area contributed by atoms with Crippen LogP contribution in [0, 0.1) is 0 Å². The molecule has 1 aliphatic rings. The number of para-hydroxylation sites is 1. The lowest BCUT2D eigenvalue weighted by Gasteiger charge is -2.12. The molecular weight excluding hydrogens is 490 g/mol. The molecule has 1 N–H and O–H groups in total. The zero-order valence-corrected chi connectivity index (χ0v) is 19.3. The molecule has 6 nitrogen and oxygen atoms in total. The molecule has 0 radical (unpaired) electrons. The number of anilines is 1. The Morgan fingerprint density at radius 3 is 2.72 bits per heavy atom. The topological polar surface area (TPSA) is 81.2 Å². The molecule has 5 rings (SSSR count). The fraction of sp³-hybridized carbons (Fsp3) is 0.167. The third-order valence-electron chi connectivity index (χ3n) is 5.35. The number of benzene rings is 2. The maximum absolute atomic E-state index is 12.9. The molecule has 8 heteroatoms. The lowest BCUT2D eigenvalue weighted by Crippen LogP contribution is -2.21. The van der Waals surface area contributed by atoms with Crippen molar-refractivity contribution in [2.75, 3.05) is 11.9 Å². The lowest BCUT2D eigenvalue weighted by molar-refractivity contribution is -0.119. The van der Waals surface area contributed by atoms with Crippen molar-refractivity contribution in [1.82, 2.24) is 9.97 Å². The van der Waals surface area contributed by atoms with E-state index in [2.05, 4.69) is 31.2 Å². The van der Waals surface area contributed by atoms with Crippen molar-refractivity contribution < 1.29 is 14.3 Å². The summed E-state index contributed by atoms with van der Waals surface area (Å²) >= 11 is 4.73. The number of nitrogens with one attached hydrogen (secondary N) is 1. The molecule has 0 spiro atoms. The van der Waals surface area contributed by atoms with Crippen molar-refractivity contribution in [3.8, 4) is 11.3 Å². The van der Waals surface area contributed by atoms with Gasteiger partial charge in [0.05, 0.1) is 16.8 Å². The highest BCUT2D eigenvalue weighted by Gasteiger charge is 2.25. The van der Waals surface area contributed by atoms with Gasteiger partial charge in [-0.2, -0.15) is 0 Å². The first-order valence-corrected chi connectivity index (χ1v) is 11.8. The first kappa shape index (κ1) is 20.8. The number of carbonyl (C=O) groups is 2. The molecule has 0 unspecified atom stereocenters. The predicted molar refractivity (Wildman–Crippen MR) is 128 cm³/mol. The average molecular weight is 508 g/mol. The monoisotopic (exact) mass is 507 g/mol. The molecule has 2 heterocycles. The highest BCUT2D eigenvalue weighted by atomic mass is 79.9. The van der Waals surface area contributed by atoms with Gasteiger partial charge in [-0.05, 0) is 43.0 Å². The average Bonchev–Trinajstić information content (AvgIpc) is 3.45. The molecule has 4 aromatic rings. The van der Waals surface area contributed by atoms with Gasteiger partial charge in [-0.25, -0.2) is 9.78 Å². The standard InChI is InChI=1S/C24H18BrN3O3S/c25-15-10-8-14(9-11-15)20-13-32-24(27-20)28-21(29)12-31-23(30)22-16-4-1-2-6-18(16)26-19-7-3-5-17(19)22/h1-2,4,6,8-11,13H,3,5,7,12H2,(H,27,28,29). The van der Waals surface area contributed by atoms with Crippen molar-refractivity contribution in [3.63, 3.8) is 0 Å². The molecule has 2 aromatic heterocycles. The van der Waals surface area contributed by atoms with Crippen LogP contribution in [0.1, 0.15) is 28.0 Å². The SMILES string of the molecule is O=C(COC(=O)c1c2c(nc3ccccc13)CCC2)Nc1nc(-c2ccc(Br)cc2)cs1. The van der Waals surface area contributed by atoms with Gasteiger partial charge in [-0.15, -0.1) is 11.3 Å². The minimum Gasteiger partial charge on any atom is -0.452 e. The Bertz CT molecular complexity index is 1330. The lowest BCUT2D eigenvalue weighted by atomic mass is 10.0. The first-order valence-electron chi connectivity index (χ1n) is 10.2. The number of esters is 1. The summed E-state index contributed by atoms with van der Waals surface area (Å²) < 4.78 is 6.38. The Kier molecular flexibility index (Phi) is 5.71. The number of fused-ring (bicyclic) bond motifs is 2. The van der Waals surface area contributed by atoms with Gasteiger partial charge in [-0.1, -0.05) is 46.3 Å². The summed E-state index contributed by atoms with van der Waals surface area (Å²) in [6.45, 7) is -0.378. The van der Waals surface area contributed by atoms with E-state index in [-0.39, 0.29) is 6.61 Å². The van der Waals surface area contributed by atoms with Crippen LogP contribution in [0.3, 0.4) is 0 Å². The number of pyridine rings is 1. The molecule has 0 saturated heterocycles. The van der Waals surface area contributed by atoms with E-state index >= 15 is 0 Å². The molecule has 1 aliphatic carbocycles. The minimum absolute atomic E-state index is 0.378. The molecule has 32 heavy (non-hydrogen) atoms. The van der Waals surface area contributed by atoms with Crippen molar-refractivity contribution in [2.45, 2.75) is 19.3 Å². The van der Waals surface area contributed by atoms with Gasteiger partial charge < -0.3 is 4.74 Å². The molecule has 160 valence electrons. The molecule has 1 amide bonds. The van der Waals surface area contributed by atoms with Gasteiger partial charge in [0.2, 0.25) is 0 Å². The van der Waals surface area contributed by atoms with Crippen LogP contribution in [0.4, 0.5) is 5.13 Å². The van der Waals surface area contributed by atoms with Crippen molar-refractivity contribution in [1.29, 1.82) is 0 Å². The van der Waals surface area contributed by atoms with E-state index in [1.54, 1.807) is 0 Å². The fourth-order valence-electron chi connectivity index (χ4n) is 3.89. The van der Waals surface area contributed by atoms with E-state index < -0.39 is 11.9 Å². The molecule has 0 aliphatic heterocycles. The molecular formula is C24H18BrN3O3S. The highest BCUT2D eigenvalue weighted by molar-refractivity contribution is 9.10. The minimum atomic E-state index is -0.494. The van der Waals surface area contributed by atoms with Crippen molar-refractivity contribution in [2.24, 2.45) is 0 Å². The zero-order chi connectivity index (χ0) is 22.1. The van der Waals surface area contributed by atoms with E-state index in [0.29, 0.717) is 10.7 Å². The van der Waals surface area contributed by atoms with Crippen LogP contribution in [-0.2, 0) is 22.4 Å². The van der Waals surface area contributed by atoms with Gasteiger partial charge in [-0.3, -0.25) is 15.1 Å². The van der Waals surface area contributed by atoms with Crippen molar-refractivity contribution in [3.05, 3.63) is 75.2 Å². The van der Waals surface area contributed by atoms with E-state index in [1.807, 2.05) is 53.9 Å². The predicted octanol–water partition coefficient (Wildman–Crippen LogP) is 5.41. The maximum Gasteiger partial charge on any atom is 0.339 e. The van der Waals surface area contributed by atoms with Crippen LogP contribution in [-0.4, -0.2) is 28.5 Å². The number of carbonyl (C=O) groups excluding carboxylic acids is 2. The van der Waals surface area contributed by atoms with E-state index in [4.69, 9.17) is 4.74 Å². The van der Waals surface area contributed by atoms with Gasteiger partial charge in [0.1, 0.15) is 0 Å². The number of ether oxygens (including phenoxy) is 1. The van der Waals surface area contributed by atoms with Gasteiger partial charge in [0, 0.05) is 26.5 Å². The van der Waals surface area contributed by atoms with Crippen LogP contribution < -0.4 is 5.32 Å². The number of halogens is 1.